The van der Waals surface area contributed by atoms with Gasteiger partial charge >= 0.3 is 0 Å². The standard InChI is InChI=1S/C21H19NO3/c23-22-17(9-11-18-13-15-5-1-3-7-20(15)24-18)10-12-19-14-16-6-2-4-8-21(16)25-19/h1-8,13-14,23H,9-12H2. The minimum atomic E-state index is 0.663. The van der Waals surface area contributed by atoms with Crippen LogP contribution in [0.1, 0.15) is 24.4 Å². The molecule has 2 aromatic carbocycles. The molecule has 0 atom stereocenters. The summed E-state index contributed by atoms with van der Waals surface area (Å²) in [7, 11) is 0. The van der Waals surface area contributed by atoms with Crippen LogP contribution in [0.2, 0.25) is 0 Å². The van der Waals surface area contributed by atoms with Gasteiger partial charge in [0, 0.05) is 23.6 Å². The highest BCUT2D eigenvalue weighted by Crippen LogP contribution is 2.22. The van der Waals surface area contributed by atoms with Crippen LogP contribution in [0.15, 0.2) is 74.7 Å². The number of para-hydroxylation sites is 2. The van der Waals surface area contributed by atoms with Gasteiger partial charge in [-0.05, 0) is 37.1 Å². The van der Waals surface area contributed by atoms with Gasteiger partial charge in [-0.15, -0.1) is 0 Å². The Morgan fingerprint density at radius 1 is 0.760 bits per heavy atom. The van der Waals surface area contributed by atoms with Crippen molar-refractivity contribution in [1.29, 1.82) is 0 Å². The van der Waals surface area contributed by atoms with E-state index in [1.54, 1.807) is 0 Å². The highest BCUT2D eigenvalue weighted by molar-refractivity contribution is 5.85. The molecule has 4 rings (SSSR count). The van der Waals surface area contributed by atoms with Gasteiger partial charge in [0.1, 0.15) is 22.7 Å². The van der Waals surface area contributed by atoms with Crippen molar-refractivity contribution in [3.8, 4) is 0 Å². The quantitative estimate of drug-likeness (QED) is 0.285. The van der Waals surface area contributed by atoms with Gasteiger partial charge in [-0.1, -0.05) is 41.6 Å². The Kier molecular flexibility index (Phi) is 4.25. The zero-order chi connectivity index (χ0) is 17.1. The SMILES string of the molecule is ON=C(CCc1cc2ccccc2o1)CCc1cc2ccccc2o1. The summed E-state index contributed by atoms with van der Waals surface area (Å²) in [4.78, 5) is 0. The molecule has 0 spiro atoms. The van der Waals surface area contributed by atoms with Crippen molar-refractivity contribution in [1.82, 2.24) is 0 Å². The van der Waals surface area contributed by atoms with Gasteiger partial charge in [0.2, 0.25) is 0 Å². The van der Waals surface area contributed by atoms with Crippen LogP contribution in [0.5, 0.6) is 0 Å². The normalized spacial score (nSPS) is 11.2. The van der Waals surface area contributed by atoms with Crippen LogP contribution in [0.25, 0.3) is 21.9 Å². The van der Waals surface area contributed by atoms with Crippen molar-refractivity contribution in [2.45, 2.75) is 25.7 Å². The number of benzene rings is 2. The maximum absolute atomic E-state index is 9.29. The second kappa shape index (κ2) is 6.85. The number of hydrogen-bond acceptors (Lipinski definition) is 4. The molecule has 0 saturated carbocycles. The Labute approximate surface area is 145 Å². The smallest absolute Gasteiger partial charge is 0.134 e. The van der Waals surface area contributed by atoms with E-state index >= 15 is 0 Å². The molecule has 0 aliphatic rings. The molecule has 0 aliphatic carbocycles. The minimum absolute atomic E-state index is 0.663. The Hall–Kier alpha value is -3.01. The van der Waals surface area contributed by atoms with E-state index in [0.29, 0.717) is 25.7 Å². The molecule has 126 valence electrons. The summed E-state index contributed by atoms with van der Waals surface area (Å²) in [5.74, 6) is 1.82. The molecule has 4 nitrogen and oxygen atoms in total. The molecule has 4 aromatic rings. The molecular weight excluding hydrogens is 314 g/mol. The molecule has 0 saturated heterocycles. The van der Waals surface area contributed by atoms with Crippen LogP contribution in [0.3, 0.4) is 0 Å². The van der Waals surface area contributed by atoms with Gasteiger partial charge in [0.25, 0.3) is 0 Å². The van der Waals surface area contributed by atoms with Gasteiger partial charge in [-0.2, -0.15) is 0 Å². The summed E-state index contributed by atoms with van der Waals surface area (Å²) in [5.41, 5.74) is 2.53. The topological polar surface area (TPSA) is 58.9 Å². The Morgan fingerprint density at radius 2 is 1.24 bits per heavy atom. The lowest BCUT2D eigenvalue weighted by Crippen LogP contribution is -2.02. The molecule has 0 amide bonds. The van der Waals surface area contributed by atoms with E-state index in [-0.39, 0.29) is 0 Å². The van der Waals surface area contributed by atoms with E-state index in [1.807, 2.05) is 60.7 Å². The van der Waals surface area contributed by atoms with Crippen LogP contribution in [0.4, 0.5) is 0 Å². The summed E-state index contributed by atoms with van der Waals surface area (Å²) in [6, 6.07) is 20.0. The average molecular weight is 333 g/mol. The number of nitrogens with zero attached hydrogens (tertiary/aromatic N) is 1. The lowest BCUT2D eigenvalue weighted by Gasteiger charge is -2.02. The lowest BCUT2D eigenvalue weighted by atomic mass is 10.1. The van der Waals surface area contributed by atoms with Gasteiger partial charge in [0.05, 0.1) is 5.71 Å². The lowest BCUT2D eigenvalue weighted by molar-refractivity contribution is 0.315. The number of hydrogen-bond donors (Lipinski definition) is 1. The number of aryl methyl sites for hydroxylation is 2. The van der Waals surface area contributed by atoms with Gasteiger partial charge in [-0.25, -0.2) is 0 Å². The molecule has 4 heteroatoms. The van der Waals surface area contributed by atoms with Gasteiger partial charge in [-0.3, -0.25) is 0 Å². The Morgan fingerprint density at radius 3 is 1.68 bits per heavy atom. The fraction of sp³-hybridized carbons (Fsp3) is 0.190. The first-order valence-electron chi connectivity index (χ1n) is 8.46. The monoisotopic (exact) mass is 333 g/mol. The molecule has 0 aliphatic heterocycles. The molecular formula is C21H19NO3. The fourth-order valence-corrected chi connectivity index (χ4v) is 3.08. The zero-order valence-electron chi connectivity index (χ0n) is 13.8. The van der Waals surface area contributed by atoms with E-state index < -0.39 is 0 Å². The van der Waals surface area contributed by atoms with Crippen molar-refractivity contribution < 1.29 is 14.0 Å². The predicted octanol–water partition coefficient (Wildman–Crippen LogP) is 5.57. The maximum atomic E-state index is 9.29. The van der Waals surface area contributed by atoms with E-state index in [0.717, 1.165) is 39.2 Å². The number of oxime groups is 1. The van der Waals surface area contributed by atoms with E-state index in [1.165, 1.54) is 0 Å². The van der Waals surface area contributed by atoms with Crippen LogP contribution in [0, 0.1) is 0 Å². The largest absolute Gasteiger partial charge is 0.461 e. The average Bonchev–Trinajstić information content (AvgIpc) is 3.24. The van der Waals surface area contributed by atoms with Gasteiger partial charge < -0.3 is 14.0 Å². The summed E-state index contributed by atoms with van der Waals surface area (Å²) in [6.07, 6.45) is 2.76. The first kappa shape index (κ1) is 15.5. The molecule has 1 N–H and O–H groups in total. The number of fused-ring (bicyclic) bond motifs is 2. The first-order chi connectivity index (χ1) is 12.3. The third-order valence-corrected chi connectivity index (χ3v) is 4.41. The number of rotatable bonds is 6. The van der Waals surface area contributed by atoms with E-state index in [2.05, 4.69) is 5.16 Å². The molecule has 0 bridgehead atoms. The van der Waals surface area contributed by atoms with Crippen LogP contribution in [-0.4, -0.2) is 10.9 Å². The third kappa shape index (κ3) is 3.43. The van der Waals surface area contributed by atoms with Crippen LogP contribution in [-0.2, 0) is 12.8 Å². The highest BCUT2D eigenvalue weighted by Gasteiger charge is 2.09. The second-order valence-electron chi connectivity index (χ2n) is 6.17. The minimum Gasteiger partial charge on any atom is -0.461 e. The first-order valence-corrected chi connectivity index (χ1v) is 8.46. The summed E-state index contributed by atoms with van der Waals surface area (Å²) in [5, 5.41) is 14.9. The molecule has 0 fully saturated rings. The highest BCUT2D eigenvalue weighted by atomic mass is 16.4. The second-order valence-corrected chi connectivity index (χ2v) is 6.17. The Bertz CT molecular complexity index is 880. The molecule has 2 heterocycles. The summed E-state index contributed by atoms with van der Waals surface area (Å²) in [6.45, 7) is 0. The zero-order valence-corrected chi connectivity index (χ0v) is 13.8. The van der Waals surface area contributed by atoms with E-state index in [4.69, 9.17) is 8.83 Å². The van der Waals surface area contributed by atoms with Gasteiger partial charge in [0.15, 0.2) is 0 Å². The van der Waals surface area contributed by atoms with Crippen molar-refractivity contribution in [3.05, 3.63) is 72.2 Å². The Balaban J connectivity index is 1.37. The maximum Gasteiger partial charge on any atom is 0.134 e. The van der Waals surface area contributed by atoms with Crippen molar-refractivity contribution >= 4 is 27.7 Å². The summed E-state index contributed by atoms with van der Waals surface area (Å²) < 4.78 is 11.6. The molecule has 0 unspecified atom stereocenters. The van der Waals surface area contributed by atoms with Crippen molar-refractivity contribution in [2.75, 3.05) is 0 Å². The van der Waals surface area contributed by atoms with Crippen molar-refractivity contribution in [3.63, 3.8) is 0 Å². The molecule has 0 radical (unpaired) electrons. The fourth-order valence-electron chi connectivity index (χ4n) is 3.08. The van der Waals surface area contributed by atoms with E-state index in [9.17, 15) is 5.21 Å². The number of furan rings is 2. The molecule has 2 aromatic heterocycles. The van der Waals surface area contributed by atoms with Crippen LogP contribution >= 0.6 is 0 Å². The van der Waals surface area contributed by atoms with Crippen LogP contribution < -0.4 is 0 Å². The molecule has 25 heavy (non-hydrogen) atoms. The third-order valence-electron chi connectivity index (χ3n) is 4.41. The van der Waals surface area contributed by atoms with Crippen molar-refractivity contribution in [2.24, 2.45) is 5.16 Å². The summed E-state index contributed by atoms with van der Waals surface area (Å²) >= 11 is 0. The predicted molar refractivity (Wildman–Crippen MR) is 98.3 cm³/mol.